The second-order valence-corrected chi connectivity index (χ2v) is 4.60. The number of rotatable bonds is 2. The summed E-state index contributed by atoms with van der Waals surface area (Å²) < 4.78 is 13.0. The average molecular weight is 274 g/mol. The molecule has 6 heteroatoms. The molecule has 5 nitrogen and oxygen atoms in total. The summed E-state index contributed by atoms with van der Waals surface area (Å²) in [6.07, 6.45) is 0. The van der Waals surface area contributed by atoms with Crippen molar-refractivity contribution >= 4 is 11.9 Å². The topological polar surface area (TPSA) is 72.1 Å². The van der Waals surface area contributed by atoms with Crippen molar-refractivity contribution in [1.82, 2.24) is 14.9 Å². The molecule has 1 aromatic carbocycles. The molecule has 2 N–H and O–H groups in total. The van der Waals surface area contributed by atoms with Crippen molar-refractivity contribution in [2.75, 3.05) is 19.8 Å². The number of nitrogens with zero attached hydrogens (tertiary/aromatic N) is 3. The summed E-state index contributed by atoms with van der Waals surface area (Å²) in [6.45, 7) is 1.70. The molecular formula is C14H15FN4O. The molecule has 0 unspecified atom stereocenters. The van der Waals surface area contributed by atoms with Crippen LogP contribution in [0.2, 0.25) is 0 Å². The molecule has 0 aliphatic carbocycles. The first kappa shape index (κ1) is 13.9. The first-order valence-corrected chi connectivity index (χ1v) is 6.02. The minimum atomic E-state index is -0.354. The van der Waals surface area contributed by atoms with Crippen LogP contribution < -0.4 is 5.73 Å². The molecule has 0 saturated carbocycles. The van der Waals surface area contributed by atoms with Crippen molar-refractivity contribution < 1.29 is 9.18 Å². The molecule has 0 aliphatic heterocycles. The molecule has 104 valence electrons. The summed E-state index contributed by atoms with van der Waals surface area (Å²) in [6, 6.07) is 5.74. The molecule has 2 rings (SSSR count). The van der Waals surface area contributed by atoms with E-state index in [0.29, 0.717) is 22.5 Å². The first-order chi connectivity index (χ1) is 9.40. The number of hydrogen-bond donors (Lipinski definition) is 1. The van der Waals surface area contributed by atoms with Crippen LogP contribution in [0.5, 0.6) is 0 Å². The zero-order valence-corrected chi connectivity index (χ0v) is 11.5. The molecule has 1 heterocycles. The van der Waals surface area contributed by atoms with E-state index in [9.17, 15) is 9.18 Å². The van der Waals surface area contributed by atoms with Crippen molar-refractivity contribution in [2.24, 2.45) is 0 Å². The van der Waals surface area contributed by atoms with Crippen LogP contribution in [0.25, 0.3) is 11.3 Å². The Balaban J connectivity index is 2.67. The van der Waals surface area contributed by atoms with Gasteiger partial charge in [0.05, 0.1) is 17.0 Å². The molecule has 0 aliphatic rings. The van der Waals surface area contributed by atoms with Gasteiger partial charge in [-0.1, -0.05) is 0 Å². The third-order valence-corrected chi connectivity index (χ3v) is 2.84. The number of hydrogen-bond acceptors (Lipinski definition) is 4. The number of anilines is 1. The third kappa shape index (κ3) is 2.59. The van der Waals surface area contributed by atoms with Gasteiger partial charge in [0, 0.05) is 19.7 Å². The Labute approximate surface area is 116 Å². The fraction of sp³-hybridized carbons (Fsp3) is 0.214. The van der Waals surface area contributed by atoms with Gasteiger partial charge in [-0.3, -0.25) is 4.79 Å². The normalized spacial score (nSPS) is 10.4. The number of carbonyl (C=O) groups is 1. The highest BCUT2D eigenvalue weighted by Crippen LogP contribution is 2.25. The van der Waals surface area contributed by atoms with Crippen LogP contribution in [0.3, 0.4) is 0 Å². The van der Waals surface area contributed by atoms with E-state index >= 15 is 0 Å². The highest BCUT2D eigenvalue weighted by Gasteiger charge is 2.20. The number of carbonyl (C=O) groups excluding carboxylic acids is 1. The third-order valence-electron chi connectivity index (χ3n) is 2.84. The van der Waals surface area contributed by atoms with Gasteiger partial charge >= 0.3 is 0 Å². The Kier molecular flexibility index (Phi) is 3.65. The first-order valence-electron chi connectivity index (χ1n) is 6.02. The van der Waals surface area contributed by atoms with Crippen LogP contribution in [-0.2, 0) is 0 Å². The standard InChI is InChI=1S/C14H15FN4O/c1-8-11(13(20)19(2)3)12(18-14(16)17-8)9-4-6-10(15)7-5-9/h4-7H,1-3H3,(H2,16,17,18). The van der Waals surface area contributed by atoms with Gasteiger partial charge in [-0.05, 0) is 31.2 Å². The van der Waals surface area contributed by atoms with E-state index in [1.165, 1.54) is 17.0 Å². The maximum atomic E-state index is 13.0. The number of aromatic nitrogens is 2. The van der Waals surface area contributed by atoms with Crippen molar-refractivity contribution in [1.29, 1.82) is 0 Å². The van der Waals surface area contributed by atoms with E-state index in [1.807, 2.05) is 0 Å². The molecule has 1 amide bonds. The van der Waals surface area contributed by atoms with Crippen LogP contribution >= 0.6 is 0 Å². The Morgan fingerprint density at radius 1 is 1.20 bits per heavy atom. The molecule has 0 radical (unpaired) electrons. The van der Waals surface area contributed by atoms with Gasteiger partial charge < -0.3 is 10.6 Å². The minimum absolute atomic E-state index is 0.0807. The van der Waals surface area contributed by atoms with E-state index in [2.05, 4.69) is 9.97 Å². The predicted octanol–water partition coefficient (Wildman–Crippen LogP) is 1.88. The van der Waals surface area contributed by atoms with E-state index in [-0.39, 0.29) is 17.7 Å². The molecular weight excluding hydrogens is 259 g/mol. The zero-order valence-electron chi connectivity index (χ0n) is 11.5. The summed E-state index contributed by atoms with van der Waals surface area (Å²) in [4.78, 5) is 21.9. The van der Waals surface area contributed by atoms with Crippen molar-refractivity contribution in [2.45, 2.75) is 6.92 Å². The number of amides is 1. The Morgan fingerprint density at radius 3 is 2.35 bits per heavy atom. The summed E-state index contributed by atoms with van der Waals surface area (Å²) >= 11 is 0. The largest absolute Gasteiger partial charge is 0.368 e. The van der Waals surface area contributed by atoms with Crippen molar-refractivity contribution in [3.63, 3.8) is 0 Å². The van der Waals surface area contributed by atoms with Gasteiger partial charge in [-0.15, -0.1) is 0 Å². The second-order valence-electron chi connectivity index (χ2n) is 4.60. The lowest BCUT2D eigenvalue weighted by molar-refractivity contribution is 0.0827. The van der Waals surface area contributed by atoms with E-state index in [1.54, 1.807) is 33.2 Å². The van der Waals surface area contributed by atoms with Crippen LogP contribution in [0.1, 0.15) is 16.1 Å². The van der Waals surface area contributed by atoms with Crippen LogP contribution in [0.4, 0.5) is 10.3 Å². The van der Waals surface area contributed by atoms with Crippen LogP contribution in [0.15, 0.2) is 24.3 Å². The lowest BCUT2D eigenvalue weighted by Crippen LogP contribution is -2.24. The van der Waals surface area contributed by atoms with Crippen molar-refractivity contribution in [3.8, 4) is 11.3 Å². The molecule has 2 aromatic rings. The monoisotopic (exact) mass is 274 g/mol. The van der Waals surface area contributed by atoms with Gasteiger partial charge in [0.2, 0.25) is 5.95 Å². The van der Waals surface area contributed by atoms with Gasteiger partial charge in [0.1, 0.15) is 5.82 Å². The number of benzene rings is 1. The highest BCUT2D eigenvalue weighted by atomic mass is 19.1. The SMILES string of the molecule is Cc1nc(N)nc(-c2ccc(F)cc2)c1C(=O)N(C)C. The molecule has 0 atom stereocenters. The Bertz CT molecular complexity index is 653. The predicted molar refractivity (Wildman–Crippen MR) is 74.6 cm³/mol. The van der Waals surface area contributed by atoms with Crippen LogP contribution in [-0.4, -0.2) is 34.9 Å². The van der Waals surface area contributed by atoms with Crippen molar-refractivity contribution in [3.05, 3.63) is 41.3 Å². The average Bonchev–Trinajstić information content (AvgIpc) is 2.38. The molecule has 1 aromatic heterocycles. The summed E-state index contributed by atoms with van der Waals surface area (Å²) in [5.41, 5.74) is 7.55. The summed E-state index contributed by atoms with van der Waals surface area (Å²) in [5.74, 6) is -0.494. The summed E-state index contributed by atoms with van der Waals surface area (Å²) in [7, 11) is 3.29. The van der Waals surface area contributed by atoms with Gasteiger partial charge in [-0.2, -0.15) is 0 Å². The molecule has 0 fully saturated rings. The second kappa shape index (κ2) is 5.24. The van der Waals surface area contributed by atoms with E-state index < -0.39 is 0 Å². The van der Waals surface area contributed by atoms with Crippen LogP contribution in [0, 0.1) is 12.7 Å². The number of nitrogens with two attached hydrogens (primary N) is 1. The maximum Gasteiger partial charge on any atom is 0.257 e. The van der Waals surface area contributed by atoms with Gasteiger partial charge in [-0.25, -0.2) is 14.4 Å². The van der Waals surface area contributed by atoms with E-state index in [4.69, 9.17) is 5.73 Å². The quantitative estimate of drug-likeness (QED) is 0.907. The molecule has 0 saturated heterocycles. The molecule has 20 heavy (non-hydrogen) atoms. The molecule has 0 spiro atoms. The fourth-order valence-corrected chi connectivity index (χ4v) is 1.89. The Morgan fingerprint density at radius 2 is 1.80 bits per heavy atom. The van der Waals surface area contributed by atoms with E-state index in [0.717, 1.165) is 0 Å². The zero-order chi connectivity index (χ0) is 14.9. The van der Waals surface area contributed by atoms with Gasteiger partial charge in [0.25, 0.3) is 5.91 Å². The lowest BCUT2D eigenvalue weighted by atomic mass is 10.0. The fourth-order valence-electron chi connectivity index (χ4n) is 1.89. The maximum absolute atomic E-state index is 13.0. The number of nitrogen functional groups attached to an aromatic ring is 1. The highest BCUT2D eigenvalue weighted by molar-refractivity contribution is 6.00. The molecule has 0 bridgehead atoms. The lowest BCUT2D eigenvalue weighted by Gasteiger charge is -2.15. The number of halogens is 1. The smallest absolute Gasteiger partial charge is 0.257 e. The Hall–Kier alpha value is -2.50. The number of aryl methyl sites for hydroxylation is 1. The minimum Gasteiger partial charge on any atom is -0.368 e. The summed E-state index contributed by atoms with van der Waals surface area (Å²) in [5, 5.41) is 0. The van der Waals surface area contributed by atoms with Gasteiger partial charge in [0.15, 0.2) is 0 Å².